The van der Waals surface area contributed by atoms with E-state index in [4.69, 9.17) is 16.4 Å². The van der Waals surface area contributed by atoms with Gasteiger partial charge in [-0.1, -0.05) is 60.9 Å². The van der Waals surface area contributed by atoms with Crippen LogP contribution in [-0.2, 0) is 16.2 Å². The molecule has 4 nitrogen and oxygen atoms in total. The SMILES string of the molecule is CC(C)C(=O)N(Cc1cccc(Cl)c1)C[C@H]1CC(c2ccccc2F)=NO1. The molecule has 1 amide bonds. The summed E-state index contributed by atoms with van der Waals surface area (Å²) in [5.41, 5.74) is 1.96. The lowest BCUT2D eigenvalue weighted by Gasteiger charge is -2.26. The van der Waals surface area contributed by atoms with Crippen molar-refractivity contribution in [1.82, 2.24) is 4.90 Å². The first kappa shape index (κ1) is 19.4. The van der Waals surface area contributed by atoms with Crippen LogP contribution in [0.25, 0.3) is 0 Å². The van der Waals surface area contributed by atoms with Crippen molar-refractivity contribution < 1.29 is 14.0 Å². The lowest BCUT2D eigenvalue weighted by atomic mass is 10.0. The van der Waals surface area contributed by atoms with E-state index in [0.717, 1.165) is 5.56 Å². The maximum atomic E-state index is 14.0. The van der Waals surface area contributed by atoms with E-state index in [1.165, 1.54) is 6.07 Å². The molecule has 0 aliphatic carbocycles. The van der Waals surface area contributed by atoms with Crippen LogP contribution in [0.2, 0.25) is 5.02 Å². The van der Waals surface area contributed by atoms with Crippen molar-refractivity contribution in [2.45, 2.75) is 32.9 Å². The minimum atomic E-state index is -0.324. The fourth-order valence-electron chi connectivity index (χ4n) is 3.08. The maximum Gasteiger partial charge on any atom is 0.225 e. The Kier molecular flexibility index (Phi) is 6.11. The van der Waals surface area contributed by atoms with Gasteiger partial charge in [-0.3, -0.25) is 4.79 Å². The first-order valence-corrected chi connectivity index (χ1v) is 9.32. The van der Waals surface area contributed by atoms with Crippen LogP contribution in [0.5, 0.6) is 0 Å². The van der Waals surface area contributed by atoms with Crippen molar-refractivity contribution in [1.29, 1.82) is 0 Å². The van der Waals surface area contributed by atoms with E-state index in [1.807, 2.05) is 32.0 Å². The van der Waals surface area contributed by atoms with Crippen molar-refractivity contribution in [2.75, 3.05) is 6.54 Å². The van der Waals surface area contributed by atoms with Crippen LogP contribution in [0.4, 0.5) is 4.39 Å². The quantitative estimate of drug-likeness (QED) is 0.722. The Morgan fingerprint density at radius 2 is 2.07 bits per heavy atom. The van der Waals surface area contributed by atoms with Gasteiger partial charge in [0.05, 0.1) is 12.3 Å². The van der Waals surface area contributed by atoms with E-state index in [2.05, 4.69) is 5.16 Å². The average molecular weight is 389 g/mol. The fourth-order valence-corrected chi connectivity index (χ4v) is 3.29. The van der Waals surface area contributed by atoms with Crippen LogP contribution in [0.15, 0.2) is 53.7 Å². The standard InChI is InChI=1S/C21H22ClFN2O2/c1-14(2)21(26)25(12-15-6-5-7-16(22)10-15)13-17-11-20(24-27-17)18-8-3-4-9-19(18)23/h3-10,14,17H,11-13H2,1-2H3/t17-/m1/s1. The van der Waals surface area contributed by atoms with E-state index < -0.39 is 0 Å². The number of hydrogen-bond donors (Lipinski definition) is 0. The van der Waals surface area contributed by atoms with Crippen molar-refractivity contribution in [3.05, 3.63) is 70.5 Å². The minimum Gasteiger partial charge on any atom is -0.390 e. The highest BCUT2D eigenvalue weighted by molar-refractivity contribution is 6.30. The Morgan fingerprint density at radius 1 is 1.30 bits per heavy atom. The summed E-state index contributed by atoms with van der Waals surface area (Å²) in [7, 11) is 0. The second-order valence-electron chi connectivity index (χ2n) is 6.95. The summed E-state index contributed by atoms with van der Waals surface area (Å²) in [6, 6.07) is 13.9. The average Bonchev–Trinajstić information content (AvgIpc) is 3.09. The molecule has 0 bridgehead atoms. The summed E-state index contributed by atoms with van der Waals surface area (Å²) in [5.74, 6) is -0.440. The lowest BCUT2D eigenvalue weighted by molar-refractivity contribution is -0.136. The maximum absolute atomic E-state index is 14.0. The van der Waals surface area contributed by atoms with Crippen LogP contribution < -0.4 is 0 Å². The monoisotopic (exact) mass is 388 g/mol. The molecule has 6 heteroatoms. The van der Waals surface area contributed by atoms with Gasteiger partial charge in [0.15, 0.2) is 6.10 Å². The molecule has 0 saturated carbocycles. The summed E-state index contributed by atoms with van der Waals surface area (Å²) in [6.07, 6.45) is 0.153. The number of nitrogens with zero attached hydrogens (tertiary/aromatic N) is 2. The Hall–Kier alpha value is -2.40. The first-order valence-electron chi connectivity index (χ1n) is 8.95. The fraction of sp³-hybridized carbons (Fsp3) is 0.333. The Labute approximate surface area is 163 Å². The predicted octanol–water partition coefficient (Wildman–Crippen LogP) is 4.66. The van der Waals surface area contributed by atoms with Crippen LogP contribution in [0.3, 0.4) is 0 Å². The summed E-state index contributed by atoms with van der Waals surface area (Å²) in [5, 5.41) is 4.68. The Morgan fingerprint density at radius 3 is 2.78 bits per heavy atom. The van der Waals surface area contributed by atoms with E-state index >= 15 is 0 Å². The van der Waals surface area contributed by atoms with Crippen LogP contribution in [0.1, 0.15) is 31.4 Å². The third kappa shape index (κ3) is 4.86. The largest absolute Gasteiger partial charge is 0.390 e. The predicted molar refractivity (Wildman–Crippen MR) is 104 cm³/mol. The molecule has 0 saturated heterocycles. The highest BCUT2D eigenvalue weighted by Crippen LogP contribution is 2.21. The number of benzene rings is 2. The number of amides is 1. The van der Waals surface area contributed by atoms with Gasteiger partial charge in [0.2, 0.25) is 5.91 Å². The zero-order valence-electron chi connectivity index (χ0n) is 15.4. The lowest BCUT2D eigenvalue weighted by Crippen LogP contribution is -2.39. The zero-order valence-corrected chi connectivity index (χ0v) is 16.1. The third-order valence-corrected chi connectivity index (χ3v) is 4.64. The molecule has 0 aromatic heterocycles. The van der Waals surface area contributed by atoms with Gasteiger partial charge in [0.25, 0.3) is 0 Å². The second-order valence-corrected chi connectivity index (χ2v) is 7.39. The normalized spacial score (nSPS) is 16.2. The number of carbonyl (C=O) groups is 1. The first-order chi connectivity index (χ1) is 12.9. The van der Waals surface area contributed by atoms with Gasteiger partial charge >= 0.3 is 0 Å². The summed E-state index contributed by atoms with van der Waals surface area (Å²) < 4.78 is 14.0. The Balaban J connectivity index is 1.70. The molecule has 142 valence electrons. The number of hydrogen-bond acceptors (Lipinski definition) is 3. The van der Waals surface area contributed by atoms with Crippen LogP contribution in [-0.4, -0.2) is 29.2 Å². The summed E-state index contributed by atoms with van der Waals surface area (Å²) in [4.78, 5) is 19.9. The molecule has 27 heavy (non-hydrogen) atoms. The van der Waals surface area contributed by atoms with Crippen molar-refractivity contribution in [2.24, 2.45) is 11.1 Å². The van der Waals surface area contributed by atoms with Crippen LogP contribution >= 0.6 is 11.6 Å². The van der Waals surface area contributed by atoms with Gasteiger partial charge in [0, 0.05) is 29.5 Å². The molecule has 1 aliphatic rings. The molecule has 0 N–H and O–H groups in total. The molecule has 2 aromatic carbocycles. The molecule has 2 aromatic rings. The van der Waals surface area contributed by atoms with Crippen molar-refractivity contribution >= 4 is 23.2 Å². The molecule has 0 unspecified atom stereocenters. The molecular weight excluding hydrogens is 367 g/mol. The molecular formula is C21H22ClFN2O2. The van der Waals surface area contributed by atoms with Crippen LogP contribution in [0, 0.1) is 11.7 Å². The zero-order chi connectivity index (χ0) is 19.4. The molecule has 0 fully saturated rings. The van der Waals surface area contributed by atoms with Gasteiger partial charge < -0.3 is 9.74 Å². The molecule has 1 heterocycles. The third-order valence-electron chi connectivity index (χ3n) is 4.41. The topological polar surface area (TPSA) is 41.9 Å². The highest BCUT2D eigenvalue weighted by Gasteiger charge is 2.28. The molecule has 0 spiro atoms. The number of halogens is 2. The van der Waals surface area contributed by atoms with Gasteiger partial charge in [-0.15, -0.1) is 0 Å². The number of carbonyl (C=O) groups excluding carboxylic acids is 1. The minimum absolute atomic E-state index is 0.0258. The second kappa shape index (κ2) is 8.53. The molecule has 1 aliphatic heterocycles. The Bertz CT molecular complexity index is 854. The number of oxime groups is 1. The van der Waals surface area contributed by atoms with Crippen molar-refractivity contribution in [3.63, 3.8) is 0 Å². The summed E-state index contributed by atoms with van der Waals surface area (Å²) in [6.45, 7) is 4.55. The van der Waals surface area contributed by atoms with E-state index in [0.29, 0.717) is 35.8 Å². The van der Waals surface area contributed by atoms with Gasteiger partial charge in [0.1, 0.15) is 5.82 Å². The van der Waals surface area contributed by atoms with Gasteiger partial charge in [-0.25, -0.2) is 4.39 Å². The molecule has 3 rings (SSSR count). The molecule has 0 radical (unpaired) electrons. The van der Waals surface area contributed by atoms with E-state index in [1.54, 1.807) is 29.2 Å². The number of rotatable bonds is 6. The summed E-state index contributed by atoms with van der Waals surface area (Å²) >= 11 is 6.06. The van der Waals surface area contributed by atoms with E-state index in [-0.39, 0.29) is 23.7 Å². The van der Waals surface area contributed by atoms with Gasteiger partial charge in [-0.05, 0) is 23.8 Å². The van der Waals surface area contributed by atoms with Gasteiger partial charge in [-0.2, -0.15) is 0 Å². The van der Waals surface area contributed by atoms with Crippen molar-refractivity contribution in [3.8, 4) is 0 Å². The van der Waals surface area contributed by atoms with E-state index in [9.17, 15) is 9.18 Å². The molecule has 1 atom stereocenters. The highest BCUT2D eigenvalue weighted by atomic mass is 35.5. The smallest absolute Gasteiger partial charge is 0.225 e.